The average molecular weight is 422 g/mol. The molecule has 0 aliphatic rings. The van der Waals surface area contributed by atoms with E-state index in [1.54, 1.807) is 0 Å². The molecule has 0 spiro atoms. The van der Waals surface area contributed by atoms with E-state index in [0.29, 0.717) is 6.42 Å². The molecule has 0 saturated carbocycles. The van der Waals surface area contributed by atoms with Crippen molar-refractivity contribution in [2.45, 2.75) is 44.9 Å². The molecule has 0 fully saturated rings. The summed E-state index contributed by atoms with van der Waals surface area (Å²) in [7, 11) is 0. The van der Waals surface area contributed by atoms with Gasteiger partial charge in [0.2, 0.25) is 0 Å². The Kier molecular flexibility index (Phi) is 9.30. The van der Waals surface area contributed by atoms with Crippen LogP contribution in [0.4, 0.5) is 5.69 Å². The highest BCUT2D eigenvalue weighted by Crippen LogP contribution is 2.25. The maximum absolute atomic E-state index is 12.8. The van der Waals surface area contributed by atoms with E-state index < -0.39 is 0 Å². The maximum atomic E-state index is 12.8. The molecular weight excluding hydrogens is 394 g/mol. The molecule has 0 aliphatic heterocycles. The minimum absolute atomic E-state index is 0. The molecule has 0 atom stereocenters. The van der Waals surface area contributed by atoms with Gasteiger partial charge in [0, 0.05) is 35.7 Å². The van der Waals surface area contributed by atoms with E-state index in [9.17, 15) is 4.79 Å². The molecule has 2 nitrogen and oxygen atoms in total. The predicted molar refractivity (Wildman–Crippen MR) is 116 cm³/mol. The van der Waals surface area contributed by atoms with Gasteiger partial charge in [0.1, 0.15) is 0 Å². The third kappa shape index (κ3) is 5.61. The van der Waals surface area contributed by atoms with Gasteiger partial charge in [-0.3, -0.25) is 4.79 Å². The zero-order valence-corrected chi connectivity index (χ0v) is 17.9. The average Bonchev–Trinajstić information content (AvgIpc) is 2.61. The van der Waals surface area contributed by atoms with Gasteiger partial charge >= 0.3 is 0 Å². The first-order valence-electron chi connectivity index (χ1n) is 8.78. The lowest BCUT2D eigenvalue weighted by atomic mass is 9.98. The van der Waals surface area contributed by atoms with Crippen LogP contribution in [-0.2, 0) is 12.8 Å². The Balaban J connectivity index is 0.00000312. The molecule has 0 heterocycles. The number of Topliss-reactive ketones (excluding diaryl/α,β-unsaturated/α-hetero) is 1. The van der Waals surface area contributed by atoms with Crippen LogP contribution < -0.4 is 4.90 Å². The topological polar surface area (TPSA) is 20.3 Å². The summed E-state index contributed by atoms with van der Waals surface area (Å²) in [6.07, 6.45) is 2.22. The fraction of sp³-hybridized carbons (Fsp3) is 0.381. The SMILES string of the molecule is Br.CCc1ccc(C(=O)CCc2ccccc2S)c(N(CC)CC)c1. The molecule has 4 heteroatoms. The summed E-state index contributed by atoms with van der Waals surface area (Å²) < 4.78 is 0. The smallest absolute Gasteiger partial charge is 0.165 e. The van der Waals surface area contributed by atoms with Crippen LogP contribution in [0.15, 0.2) is 47.4 Å². The number of hydrogen-bond acceptors (Lipinski definition) is 3. The summed E-state index contributed by atoms with van der Waals surface area (Å²) in [4.78, 5) is 16.1. The lowest BCUT2D eigenvalue weighted by Crippen LogP contribution is -2.24. The van der Waals surface area contributed by atoms with Crippen LogP contribution >= 0.6 is 29.6 Å². The Morgan fingerprint density at radius 1 is 1.04 bits per heavy atom. The predicted octanol–water partition coefficient (Wildman–Crippen LogP) is 5.78. The zero-order chi connectivity index (χ0) is 17.5. The van der Waals surface area contributed by atoms with E-state index in [4.69, 9.17) is 0 Å². The van der Waals surface area contributed by atoms with Crippen LogP contribution in [0.5, 0.6) is 0 Å². The van der Waals surface area contributed by atoms with Gasteiger partial charge in [-0.25, -0.2) is 0 Å². The fourth-order valence-corrected chi connectivity index (χ4v) is 3.24. The first kappa shape index (κ1) is 21.8. The van der Waals surface area contributed by atoms with E-state index in [-0.39, 0.29) is 22.8 Å². The number of thiol groups is 1. The number of benzene rings is 2. The normalized spacial score (nSPS) is 10.2. The lowest BCUT2D eigenvalue weighted by molar-refractivity contribution is 0.0983. The van der Waals surface area contributed by atoms with Crippen molar-refractivity contribution in [1.82, 2.24) is 0 Å². The van der Waals surface area contributed by atoms with Crippen LogP contribution in [0.3, 0.4) is 0 Å². The molecule has 0 bridgehead atoms. The first-order valence-corrected chi connectivity index (χ1v) is 9.23. The van der Waals surface area contributed by atoms with Crippen molar-refractivity contribution in [2.75, 3.05) is 18.0 Å². The van der Waals surface area contributed by atoms with Gasteiger partial charge in [-0.2, -0.15) is 0 Å². The Labute approximate surface area is 167 Å². The first-order chi connectivity index (χ1) is 11.6. The molecule has 0 unspecified atom stereocenters. The van der Waals surface area contributed by atoms with Crippen LogP contribution in [0.1, 0.15) is 48.7 Å². The molecule has 0 N–H and O–H groups in total. The summed E-state index contributed by atoms with van der Waals surface area (Å²) >= 11 is 4.48. The Morgan fingerprint density at radius 2 is 1.72 bits per heavy atom. The van der Waals surface area contributed by atoms with Crippen LogP contribution in [0, 0.1) is 0 Å². The molecule has 0 saturated heterocycles. The third-order valence-corrected chi connectivity index (χ3v) is 4.92. The molecule has 25 heavy (non-hydrogen) atoms. The Hall–Kier alpha value is -1.26. The van der Waals surface area contributed by atoms with Crippen molar-refractivity contribution in [2.24, 2.45) is 0 Å². The molecule has 0 amide bonds. The van der Waals surface area contributed by atoms with Crippen molar-refractivity contribution in [3.8, 4) is 0 Å². The van der Waals surface area contributed by atoms with Gasteiger partial charge in [0.15, 0.2) is 5.78 Å². The molecule has 2 rings (SSSR count). The highest BCUT2D eigenvalue weighted by atomic mass is 79.9. The van der Waals surface area contributed by atoms with E-state index in [0.717, 1.165) is 47.6 Å². The summed E-state index contributed by atoms with van der Waals surface area (Å²) in [5, 5.41) is 0. The molecule has 0 radical (unpaired) electrons. The second-order valence-electron chi connectivity index (χ2n) is 5.93. The summed E-state index contributed by atoms with van der Waals surface area (Å²) in [5.41, 5.74) is 4.31. The number of rotatable bonds is 8. The lowest BCUT2D eigenvalue weighted by Gasteiger charge is -2.24. The number of halogens is 1. The third-order valence-electron chi connectivity index (χ3n) is 4.49. The highest BCUT2D eigenvalue weighted by Gasteiger charge is 2.16. The summed E-state index contributed by atoms with van der Waals surface area (Å²) in [6.45, 7) is 8.22. The van der Waals surface area contributed by atoms with Gasteiger partial charge < -0.3 is 4.90 Å². The summed E-state index contributed by atoms with van der Waals surface area (Å²) in [5.74, 6) is 0.205. The van der Waals surface area contributed by atoms with Gasteiger partial charge in [-0.05, 0) is 56.0 Å². The second kappa shape index (κ2) is 10.7. The van der Waals surface area contributed by atoms with Crippen molar-refractivity contribution in [3.05, 3.63) is 59.2 Å². The van der Waals surface area contributed by atoms with E-state index in [2.05, 4.69) is 50.4 Å². The van der Waals surface area contributed by atoms with Crippen LogP contribution in [0.25, 0.3) is 0 Å². The molecule has 136 valence electrons. The standard InChI is InChI=1S/C21H27NOS.BrH/c1-4-16-11-13-18(19(15-16)22(5-2)6-3)20(23)14-12-17-9-7-8-10-21(17)24;/h7-11,13,15,24H,4-6,12,14H2,1-3H3;1H. The monoisotopic (exact) mass is 421 g/mol. The van der Waals surface area contributed by atoms with Crippen LogP contribution in [0.2, 0.25) is 0 Å². The largest absolute Gasteiger partial charge is 0.371 e. The van der Waals surface area contributed by atoms with E-state index in [1.807, 2.05) is 30.3 Å². The fourth-order valence-electron chi connectivity index (χ4n) is 2.96. The second-order valence-corrected chi connectivity index (χ2v) is 6.41. The van der Waals surface area contributed by atoms with E-state index in [1.165, 1.54) is 5.56 Å². The number of carbonyl (C=O) groups excluding carboxylic acids is 1. The molecule has 0 aromatic heterocycles. The number of carbonyl (C=O) groups is 1. The molecular formula is C21H28BrNOS. The van der Waals surface area contributed by atoms with E-state index >= 15 is 0 Å². The number of aryl methyl sites for hydroxylation is 2. The minimum atomic E-state index is 0. The number of ketones is 1. The summed E-state index contributed by atoms with van der Waals surface area (Å²) in [6, 6.07) is 14.2. The number of anilines is 1. The molecule has 2 aromatic carbocycles. The van der Waals surface area contributed by atoms with Crippen molar-refractivity contribution in [3.63, 3.8) is 0 Å². The van der Waals surface area contributed by atoms with Crippen molar-refractivity contribution >= 4 is 41.1 Å². The number of nitrogens with zero attached hydrogens (tertiary/aromatic N) is 1. The van der Waals surface area contributed by atoms with Gasteiger partial charge in [-0.15, -0.1) is 29.6 Å². The quantitative estimate of drug-likeness (QED) is 0.430. The Morgan fingerprint density at radius 3 is 2.32 bits per heavy atom. The van der Waals surface area contributed by atoms with Gasteiger partial charge in [-0.1, -0.05) is 31.2 Å². The minimum Gasteiger partial charge on any atom is -0.371 e. The van der Waals surface area contributed by atoms with Gasteiger partial charge in [0.25, 0.3) is 0 Å². The maximum Gasteiger partial charge on any atom is 0.165 e. The van der Waals surface area contributed by atoms with Crippen molar-refractivity contribution in [1.29, 1.82) is 0 Å². The van der Waals surface area contributed by atoms with Crippen molar-refractivity contribution < 1.29 is 4.79 Å². The zero-order valence-electron chi connectivity index (χ0n) is 15.3. The molecule has 0 aliphatic carbocycles. The van der Waals surface area contributed by atoms with Gasteiger partial charge in [0.05, 0.1) is 0 Å². The van der Waals surface area contributed by atoms with Crippen LogP contribution in [-0.4, -0.2) is 18.9 Å². The molecule has 2 aromatic rings. The Bertz CT molecular complexity index is 698. The highest BCUT2D eigenvalue weighted by molar-refractivity contribution is 8.93. The number of hydrogen-bond donors (Lipinski definition) is 1.